The number of rotatable bonds is 7. The number of halogens is 3. The van der Waals surface area contributed by atoms with Crippen molar-refractivity contribution >= 4 is 26.5 Å². The van der Waals surface area contributed by atoms with Crippen molar-refractivity contribution in [3.8, 4) is 5.75 Å². The van der Waals surface area contributed by atoms with Crippen molar-refractivity contribution in [2.75, 3.05) is 31.1 Å². The van der Waals surface area contributed by atoms with E-state index in [1.54, 1.807) is 0 Å². The van der Waals surface area contributed by atoms with E-state index < -0.39 is 22.1 Å². The lowest BCUT2D eigenvalue weighted by Gasteiger charge is -2.33. The Kier molecular flexibility index (Phi) is 7.15. The molecule has 0 saturated carbocycles. The van der Waals surface area contributed by atoms with Crippen molar-refractivity contribution < 1.29 is 26.3 Å². The maximum atomic E-state index is 12.9. The number of aromatic nitrogens is 1. The fourth-order valence-corrected chi connectivity index (χ4v) is 6.01. The first-order valence-electron chi connectivity index (χ1n) is 10.8. The van der Waals surface area contributed by atoms with Crippen LogP contribution in [0.25, 0.3) is 0 Å². The minimum atomic E-state index is -4.83. The smallest absolute Gasteiger partial charge is 0.406 e. The number of alkyl halides is 3. The van der Waals surface area contributed by atoms with Crippen molar-refractivity contribution in [2.24, 2.45) is 0 Å². The van der Waals surface area contributed by atoms with Gasteiger partial charge in [0, 0.05) is 38.0 Å². The fraction of sp³-hybridized carbons (Fsp3) is 0.348. The van der Waals surface area contributed by atoms with E-state index in [0.717, 1.165) is 47.9 Å². The van der Waals surface area contributed by atoms with E-state index in [4.69, 9.17) is 4.98 Å². The Bertz CT molecular complexity index is 1200. The normalized spacial score (nSPS) is 15.5. The molecular weight excluding hydrogens is 487 g/mol. The highest BCUT2D eigenvalue weighted by molar-refractivity contribution is 7.89. The SMILES string of the molecule is CCc1ccc(Cc2csc(N3CCN(S(=O)(=O)c4ccc(OC(F)(F)F)cc4)CC3)n2)cc1. The van der Waals surface area contributed by atoms with Crippen LogP contribution in [0.3, 0.4) is 0 Å². The van der Waals surface area contributed by atoms with Gasteiger partial charge in [-0.05, 0) is 41.8 Å². The average Bonchev–Trinajstić information content (AvgIpc) is 3.27. The van der Waals surface area contributed by atoms with Gasteiger partial charge in [0.25, 0.3) is 0 Å². The van der Waals surface area contributed by atoms with Crippen LogP contribution >= 0.6 is 11.3 Å². The summed E-state index contributed by atoms with van der Waals surface area (Å²) in [6.45, 7) is 3.60. The Morgan fingerprint density at radius 1 is 0.971 bits per heavy atom. The summed E-state index contributed by atoms with van der Waals surface area (Å²) < 4.78 is 67.9. The quantitative estimate of drug-likeness (QED) is 0.460. The standard InChI is InChI=1S/C23H24F3N3O3S2/c1-2-17-3-5-18(6-4-17)15-19-16-33-22(27-19)28-11-13-29(14-12-28)34(30,31)21-9-7-20(8-10-21)32-23(24,25)26/h3-10,16H,2,11-15H2,1H3. The van der Waals surface area contributed by atoms with Gasteiger partial charge in [0.05, 0.1) is 10.6 Å². The van der Waals surface area contributed by atoms with Gasteiger partial charge in [-0.2, -0.15) is 4.31 Å². The van der Waals surface area contributed by atoms with Gasteiger partial charge >= 0.3 is 6.36 Å². The predicted octanol–water partition coefficient (Wildman–Crippen LogP) is 4.71. The topological polar surface area (TPSA) is 62.7 Å². The van der Waals surface area contributed by atoms with Crippen LogP contribution in [0.15, 0.2) is 58.8 Å². The van der Waals surface area contributed by atoms with Gasteiger partial charge in [-0.15, -0.1) is 24.5 Å². The minimum absolute atomic E-state index is 0.0684. The zero-order valence-corrected chi connectivity index (χ0v) is 20.1. The second-order valence-corrected chi connectivity index (χ2v) is 10.7. The Morgan fingerprint density at radius 2 is 1.59 bits per heavy atom. The molecule has 1 aliphatic heterocycles. The molecule has 2 heterocycles. The zero-order valence-electron chi connectivity index (χ0n) is 18.5. The van der Waals surface area contributed by atoms with Gasteiger partial charge in [-0.25, -0.2) is 13.4 Å². The van der Waals surface area contributed by atoms with Gasteiger partial charge in [0.1, 0.15) is 5.75 Å². The second-order valence-electron chi connectivity index (χ2n) is 7.88. The lowest BCUT2D eigenvalue weighted by Crippen LogP contribution is -2.48. The van der Waals surface area contributed by atoms with Crippen LogP contribution in [-0.2, 0) is 22.9 Å². The molecule has 1 saturated heterocycles. The van der Waals surface area contributed by atoms with Crippen LogP contribution in [0, 0.1) is 0 Å². The number of hydrogen-bond acceptors (Lipinski definition) is 6. The van der Waals surface area contributed by atoms with Crippen LogP contribution in [0.4, 0.5) is 18.3 Å². The molecule has 1 aromatic heterocycles. The highest BCUT2D eigenvalue weighted by Gasteiger charge is 2.32. The number of benzene rings is 2. The van der Waals surface area contributed by atoms with Crippen molar-refractivity contribution in [2.45, 2.75) is 31.0 Å². The summed E-state index contributed by atoms with van der Waals surface area (Å²) in [5.41, 5.74) is 3.46. The van der Waals surface area contributed by atoms with Gasteiger partial charge in [0.15, 0.2) is 5.13 Å². The van der Waals surface area contributed by atoms with E-state index in [9.17, 15) is 21.6 Å². The lowest BCUT2D eigenvalue weighted by atomic mass is 10.1. The van der Waals surface area contributed by atoms with E-state index in [1.807, 2.05) is 5.38 Å². The molecule has 0 atom stereocenters. The molecule has 182 valence electrons. The summed E-state index contributed by atoms with van der Waals surface area (Å²) in [5, 5.41) is 2.88. The number of anilines is 1. The van der Waals surface area contributed by atoms with E-state index >= 15 is 0 Å². The van der Waals surface area contributed by atoms with Gasteiger partial charge in [-0.1, -0.05) is 31.2 Å². The molecule has 6 nitrogen and oxygen atoms in total. The van der Waals surface area contributed by atoms with Crippen LogP contribution in [0.2, 0.25) is 0 Å². The highest BCUT2D eigenvalue weighted by Crippen LogP contribution is 2.27. The Balaban J connectivity index is 1.35. The molecule has 4 rings (SSSR count). The molecule has 0 bridgehead atoms. The molecule has 1 fully saturated rings. The molecule has 0 spiro atoms. The third-order valence-corrected chi connectivity index (χ3v) is 8.42. The summed E-state index contributed by atoms with van der Waals surface area (Å²) in [7, 11) is -3.82. The second kappa shape index (κ2) is 9.93. The molecular formula is C23H24F3N3O3S2. The van der Waals surface area contributed by atoms with Crippen LogP contribution in [0.5, 0.6) is 5.75 Å². The molecule has 0 N–H and O–H groups in total. The Hall–Kier alpha value is -2.63. The van der Waals surface area contributed by atoms with Crippen LogP contribution in [0.1, 0.15) is 23.7 Å². The number of ether oxygens (including phenoxy) is 1. The first kappa shape index (κ1) is 24.5. The number of piperazine rings is 1. The van der Waals surface area contributed by atoms with Gasteiger partial charge in [0.2, 0.25) is 10.0 Å². The summed E-state index contributed by atoms with van der Waals surface area (Å²) in [4.78, 5) is 6.71. The highest BCUT2D eigenvalue weighted by atomic mass is 32.2. The Labute approximate surface area is 200 Å². The maximum Gasteiger partial charge on any atom is 0.573 e. The summed E-state index contributed by atoms with van der Waals surface area (Å²) in [5.74, 6) is -0.461. The third kappa shape index (κ3) is 5.89. The third-order valence-electron chi connectivity index (χ3n) is 5.56. The van der Waals surface area contributed by atoms with Gasteiger partial charge < -0.3 is 9.64 Å². The van der Waals surface area contributed by atoms with Crippen LogP contribution < -0.4 is 9.64 Å². The molecule has 34 heavy (non-hydrogen) atoms. The summed E-state index contributed by atoms with van der Waals surface area (Å²) in [6, 6.07) is 12.7. The molecule has 1 aliphatic rings. The Morgan fingerprint density at radius 3 is 2.18 bits per heavy atom. The first-order chi connectivity index (χ1) is 16.1. The maximum absolute atomic E-state index is 12.9. The predicted molar refractivity (Wildman–Crippen MR) is 125 cm³/mol. The molecule has 0 aliphatic carbocycles. The lowest BCUT2D eigenvalue weighted by molar-refractivity contribution is -0.274. The largest absolute Gasteiger partial charge is 0.573 e. The number of hydrogen-bond donors (Lipinski definition) is 0. The van der Waals surface area contributed by atoms with Crippen molar-refractivity contribution in [1.82, 2.24) is 9.29 Å². The molecule has 2 aromatic carbocycles. The molecule has 0 unspecified atom stereocenters. The molecule has 11 heteroatoms. The number of sulfonamides is 1. The van der Waals surface area contributed by atoms with Crippen LogP contribution in [-0.4, -0.2) is 50.2 Å². The number of aryl methyl sites for hydroxylation is 1. The van der Waals surface area contributed by atoms with Crippen molar-refractivity contribution in [3.63, 3.8) is 0 Å². The van der Waals surface area contributed by atoms with Gasteiger partial charge in [-0.3, -0.25) is 0 Å². The van der Waals surface area contributed by atoms with E-state index in [-0.39, 0.29) is 18.0 Å². The zero-order chi connectivity index (χ0) is 24.3. The molecule has 3 aromatic rings. The first-order valence-corrected chi connectivity index (χ1v) is 13.1. The number of thiazole rings is 1. The fourth-order valence-electron chi connectivity index (χ4n) is 3.71. The number of nitrogens with zero attached hydrogens (tertiary/aromatic N) is 3. The van der Waals surface area contributed by atoms with E-state index in [0.29, 0.717) is 13.1 Å². The molecule has 0 radical (unpaired) electrons. The van der Waals surface area contributed by atoms with Crippen molar-refractivity contribution in [1.29, 1.82) is 0 Å². The van der Waals surface area contributed by atoms with E-state index in [1.165, 1.54) is 26.8 Å². The summed E-state index contributed by atoms with van der Waals surface area (Å²) >= 11 is 1.54. The average molecular weight is 512 g/mol. The minimum Gasteiger partial charge on any atom is -0.406 e. The van der Waals surface area contributed by atoms with Crippen molar-refractivity contribution in [3.05, 3.63) is 70.7 Å². The molecule has 0 amide bonds. The monoisotopic (exact) mass is 511 g/mol. The summed E-state index contributed by atoms with van der Waals surface area (Å²) in [6.07, 6.45) is -3.09. The van der Waals surface area contributed by atoms with E-state index in [2.05, 4.69) is 40.8 Å².